The minimum Gasteiger partial charge on any atom is -0.390 e. The lowest BCUT2D eigenvalue weighted by Gasteiger charge is -2.54. The van der Waals surface area contributed by atoms with Crippen molar-refractivity contribution < 1.29 is 46.4 Å². The van der Waals surface area contributed by atoms with Gasteiger partial charge in [-0.1, -0.05) is 0 Å². The third-order valence-corrected chi connectivity index (χ3v) is 4.72. The van der Waals surface area contributed by atoms with Gasteiger partial charge in [0.2, 0.25) is 0 Å². The van der Waals surface area contributed by atoms with Crippen LogP contribution in [0.3, 0.4) is 0 Å². The molecule has 0 radical (unpaired) electrons. The quantitative estimate of drug-likeness (QED) is 0.275. The molecule has 0 saturated carbocycles. The number of carbonyl (C=O) groups is 3. The lowest BCUT2D eigenvalue weighted by atomic mass is 9.60. The molecule has 0 aromatic heterocycles. The zero-order chi connectivity index (χ0) is 20.8. The van der Waals surface area contributed by atoms with Crippen molar-refractivity contribution in [2.75, 3.05) is 0 Å². The molecule has 24 heavy (non-hydrogen) atoms. The largest absolute Gasteiger partial charge is 0.390 e. The fourth-order valence-electron chi connectivity index (χ4n) is 2.76. The van der Waals surface area contributed by atoms with Crippen molar-refractivity contribution in [2.24, 2.45) is 0 Å². The van der Waals surface area contributed by atoms with E-state index in [9.17, 15) is 45.0 Å². The standard InChI is InChI=1S/C15H26O9/c1-7(16)11(20)15(24,10(4)19)13(6,22)12(5,21)14(23,8(2)17)9(3)18/h8,11,17,20-24H,1-6H3/t8?,11?,12-,13-,14-,15+/m0/s1/i11D. The number of Topliss-reactive ketones (excluding diaryl/α,β-unsaturated/α-hetero) is 3. The maximum Gasteiger partial charge on any atom is 0.187 e. The predicted octanol–water partition coefficient (Wildman–Crippen LogP) is -2.54. The predicted molar refractivity (Wildman–Crippen MR) is 80.9 cm³/mol. The third kappa shape index (κ3) is 2.81. The molecule has 140 valence electrons. The van der Waals surface area contributed by atoms with E-state index in [1.807, 2.05) is 0 Å². The van der Waals surface area contributed by atoms with Crippen LogP contribution in [0.15, 0.2) is 0 Å². The van der Waals surface area contributed by atoms with Gasteiger partial charge < -0.3 is 30.6 Å². The molecule has 0 bridgehead atoms. The molecule has 6 atom stereocenters. The lowest BCUT2D eigenvalue weighted by Crippen LogP contribution is -2.81. The Balaban J connectivity index is 6.93. The number of carbonyl (C=O) groups excluding carboxylic acids is 3. The Labute approximate surface area is 141 Å². The summed E-state index contributed by atoms with van der Waals surface area (Å²) in [7, 11) is 0. The van der Waals surface area contributed by atoms with Crippen molar-refractivity contribution >= 4 is 17.3 Å². The van der Waals surface area contributed by atoms with E-state index in [4.69, 9.17) is 1.37 Å². The molecule has 0 heterocycles. The van der Waals surface area contributed by atoms with E-state index < -0.39 is 51.9 Å². The Kier molecular flexibility index (Phi) is 5.71. The summed E-state index contributed by atoms with van der Waals surface area (Å²) >= 11 is 0. The van der Waals surface area contributed by atoms with Crippen LogP contribution in [0.4, 0.5) is 0 Å². The minimum absolute atomic E-state index is 0.549. The Morgan fingerprint density at radius 1 is 0.833 bits per heavy atom. The summed E-state index contributed by atoms with van der Waals surface area (Å²) in [5.74, 6) is -4.19. The minimum atomic E-state index is -3.66. The topological polar surface area (TPSA) is 173 Å². The van der Waals surface area contributed by atoms with Crippen molar-refractivity contribution in [3.05, 3.63) is 0 Å². The summed E-state index contributed by atoms with van der Waals surface area (Å²) < 4.78 is 7.66. The molecule has 6 N–H and O–H groups in total. The second-order valence-electron chi connectivity index (χ2n) is 6.31. The van der Waals surface area contributed by atoms with Crippen LogP contribution in [-0.2, 0) is 14.4 Å². The van der Waals surface area contributed by atoms with Crippen LogP contribution in [0.25, 0.3) is 0 Å². The fourth-order valence-corrected chi connectivity index (χ4v) is 2.76. The number of aliphatic hydroxyl groups is 6. The average molecular weight is 351 g/mol. The van der Waals surface area contributed by atoms with Crippen LogP contribution >= 0.6 is 0 Å². The third-order valence-electron chi connectivity index (χ3n) is 4.72. The summed E-state index contributed by atoms with van der Waals surface area (Å²) in [5.41, 5.74) is -13.3. The first-order valence-electron chi connectivity index (χ1n) is 7.60. The highest BCUT2D eigenvalue weighted by molar-refractivity contribution is 5.96. The lowest BCUT2D eigenvalue weighted by molar-refractivity contribution is -0.297. The fraction of sp³-hybridized carbons (Fsp3) is 0.800. The Morgan fingerprint density at radius 2 is 1.12 bits per heavy atom. The highest BCUT2D eigenvalue weighted by Crippen LogP contribution is 2.44. The SMILES string of the molecule is [2H]C(O)(C(C)=O)[C@](O)(C(C)=O)[C@@](C)(O)[C@](C)(O)[C@@](O)(C(C)=O)C(C)O. The molecule has 0 amide bonds. The van der Waals surface area contributed by atoms with Crippen LogP contribution in [0.5, 0.6) is 0 Å². The molecular formula is C15H26O9. The van der Waals surface area contributed by atoms with Crippen molar-refractivity contribution in [2.45, 2.75) is 76.1 Å². The zero-order valence-corrected chi connectivity index (χ0v) is 14.5. The molecule has 0 aliphatic heterocycles. The van der Waals surface area contributed by atoms with E-state index in [2.05, 4.69) is 0 Å². The van der Waals surface area contributed by atoms with Crippen LogP contribution < -0.4 is 0 Å². The number of aliphatic hydroxyl groups excluding tert-OH is 1. The first kappa shape index (κ1) is 20.8. The van der Waals surface area contributed by atoms with Gasteiger partial charge in [0.25, 0.3) is 0 Å². The molecule has 0 fully saturated rings. The van der Waals surface area contributed by atoms with Gasteiger partial charge in [-0.3, -0.25) is 14.4 Å². The van der Waals surface area contributed by atoms with Gasteiger partial charge in [-0.05, 0) is 41.5 Å². The van der Waals surface area contributed by atoms with Crippen molar-refractivity contribution in [3.63, 3.8) is 0 Å². The van der Waals surface area contributed by atoms with Crippen LogP contribution in [0.2, 0.25) is 0 Å². The monoisotopic (exact) mass is 351 g/mol. The summed E-state index contributed by atoms with van der Waals surface area (Å²) in [4.78, 5) is 35.4. The van der Waals surface area contributed by atoms with Gasteiger partial charge in [-0.2, -0.15) is 0 Å². The Morgan fingerprint density at radius 3 is 1.33 bits per heavy atom. The molecule has 9 nitrogen and oxygen atoms in total. The van der Waals surface area contributed by atoms with Crippen molar-refractivity contribution in [1.82, 2.24) is 0 Å². The Hall–Kier alpha value is -1.23. The number of rotatable bonds is 8. The summed E-state index contributed by atoms with van der Waals surface area (Å²) in [6, 6.07) is 0. The zero-order valence-electron chi connectivity index (χ0n) is 15.5. The number of hydrogen-bond acceptors (Lipinski definition) is 9. The summed E-state index contributed by atoms with van der Waals surface area (Å²) in [5, 5.41) is 62.5. The van der Waals surface area contributed by atoms with Gasteiger partial charge in [0.15, 0.2) is 34.6 Å². The molecule has 0 saturated heterocycles. The maximum absolute atomic E-state index is 12.0. The van der Waals surface area contributed by atoms with Crippen LogP contribution in [-0.4, -0.2) is 82.6 Å². The molecule has 0 aromatic carbocycles. The summed E-state index contributed by atoms with van der Waals surface area (Å²) in [6.07, 6.45) is -5.64. The van der Waals surface area contributed by atoms with Gasteiger partial charge in [0, 0.05) is 0 Å². The van der Waals surface area contributed by atoms with Gasteiger partial charge >= 0.3 is 0 Å². The smallest absolute Gasteiger partial charge is 0.187 e. The van der Waals surface area contributed by atoms with Crippen molar-refractivity contribution in [1.29, 1.82) is 0 Å². The molecule has 0 aliphatic rings. The number of ketones is 3. The second-order valence-corrected chi connectivity index (χ2v) is 6.31. The van der Waals surface area contributed by atoms with E-state index in [1.165, 1.54) is 0 Å². The first-order chi connectivity index (χ1) is 10.8. The maximum atomic E-state index is 12.0. The molecule has 0 spiro atoms. The second kappa shape index (κ2) is 6.58. The molecule has 9 heteroatoms. The van der Waals surface area contributed by atoms with E-state index >= 15 is 0 Å². The molecule has 0 rings (SSSR count). The highest BCUT2D eigenvalue weighted by Gasteiger charge is 2.71. The van der Waals surface area contributed by atoms with Crippen molar-refractivity contribution in [3.8, 4) is 0 Å². The van der Waals surface area contributed by atoms with Gasteiger partial charge in [0.1, 0.15) is 11.2 Å². The average Bonchev–Trinajstić information content (AvgIpc) is 2.43. The molecular weight excluding hydrogens is 324 g/mol. The Bertz CT molecular complexity index is 582. The summed E-state index contributed by atoms with van der Waals surface area (Å²) in [6.45, 7) is 4.11. The van der Waals surface area contributed by atoms with E-state index in [0.29, 0.717) is 27.7 Å². The van der Waals surface area contributed by atoms with Crippen LogP contribution in [0.1, 0.15) is 42.9 Å². The van der Waals surface area contributed by atoms with Gasteiger partial charge in [-0.15, -0.1) is 0 Å². The molecule has 2 unspecified atom stereocenters. The van der Waals surface area contributed by atoms with Gasteiger partial charge in [-0.25, -0.2) is 0 Å². The van der Waals surface area contributed by atoms with E-state index in [1.54, 1.807) is 0 Å². The van der Waals surface area contributed by atoms with Gasteiger partial charge in [0.05, 0.1) is 7.47 Å². The first-order valence-corrected chi connectivity index (χ1v) is 7.10. The van der Waals surface area contributed by atoms with E-state index in [-0.39, 0.29) is 0 Å². The molecule has 0 aliphatic carbocycles. The number of hydrogen-bond donors (Lipinski definition) is 6. The van der Waals surface area contributed by atoms with E-state index in [0.717, 1.165) is 13.8 Å². The molecule has 0 aromatic rings. The highest BCUT2D eigenvalue weighted by atomic mass is 16.4. The normalized spacial score (nSPS) is 26.4. The van der Waals surface area contributed by atoms with Crippen LogP contribution in [0, 0.1) is 0 Å².